The van der Waals surface area contributed by atoms with E-state index < -0.39 is 0 Å². The van der Waals surface area contributed by atoms with E-state index >= 15 is 0 Å². The molecule has 7 nitrogen and oxygen atoms in total. The largest absolute Gasteiger partial charge is 0.494 e. The van der Waals surface area contributed by atoms with E-state index in [0.717, 1.165) is 36.0 Å². The van der Waals surface area contributed by atoms with Crippen LogP contribution in [0.4, 0.5) is 0 Å². The van der Waals surface area contributed by atoms with Crippen molar-refractivity contribution in [3.05, 3.63) is 18.2 Å². The summed E-state index contributed by atoms with van der Waals surface area (Å²) in [6.45, 7) is 5.54. The zero-order valence-corrected chi connectivity index (χ0v) is 16.4. The number of ether oxygens (including phenoxy) is 1. The van der Waals surface area contributed by atoms with Gasteiger partial charge in [0, 0.05) is 23.5 Å². The van der Waals surface area contributed by atoms with Crippen molar-refractivity contribution in [2.45, 2.75) is 44.3 Å². The molecule has 3 aromatic rings. The molecule has 1 amide bonds. The maximum atomic E-state index is 12.5. The van der Waals surface area contributed by atoms with E-state index in [9.17, 15) is 4.79 Å². The summed E-state index contributed by atoms with van der Waals surface area (Å²) >= 11 is 1.34. The van der Waals surface area contributed by atoms with E-state index in [4.69, 9.17) is 4.74 Å². The summed E-state index contributed by atoms with van der Waals surface area (Å²) in [7, 11) is 0. The number of thioether (sulfide) groups is 1. The van der Waals surface area contributed by atoms with Crippen molar-refractivity contribution in [2.24, 2.45) is 0 Å². The fourth-order valence-electron chi connectivity index (χ4n) is 3.53. The summed E-state index contributed by atoms with van der Waals surface area (Å²) in [6.07, 6.45) is 3.37. The summed E-state index contributed by atoms with van der Waals surface area (Å²) in [5.41, 5.74) is 2.33. The van der Waals surface area contributed by atoms with Crippen molar-refractivity contribution in [3.8, 4) is 5.75 Å². The Labute approximate surface area is 161 Å². The number of aromatic nitrogens is 4. The molecule has 1 unspecified atom stereocenters. The fourth-order valence-corrected chi connectivity index (χ4v) is 4.20. The van der Waals surface area contributed by atoms with Crippen LogP contribution in [0.3, 0.4) is 0 Å². The van der Waals surface area contributed by atoms with Crippen molar-refractivity contribution in [1.29, 1.82) is 0 Å². The molecule has 1 atom stereocenters. The van der Waals surface area contributed by atoms with Crippen molar-refractivity contribution in [2.75, 3.05) is 18.9 Å². The third kappa shape index (κ3) is 3.71. The van der Waals surface area contributed by atoms with Gasteiger partial charge in [0.05, 0.1) is 12.4 Å². The van der Waals surface area contributed by atoms with Gasteiger partial charge in [-0.25, -0.2) is 4.98 Å². The molecule has 0 spiro atoms. The van der Waals surface area contributed by atoms with E-state index in [-0.39, 0.29) is 5.91 Å². The molecule has 1 saturated heterocycles. The monoisotopic (exact) mass is 385 g/mol. The minimum atomic E-state index is 0.147. The molecule has 142 valence electrons. The highest BCUT2D eigenvalue weighted by Crippen LogP contribution is 2.27. The summed E-state index contributed by atoms with van der Waals surface area (Å²) in [5.74, 6) is 1.29. The first-order valence-corrected chi connectivity index (χ1v) is 10.4. The van der Waals surface area contributed by atoms with E-state index in [2.05, 4.69) is 27.1 Å². The molecule has 0 radical (unpaired) electrons. The Morgan fingerprint density at radius 3 is 3.07 bits per heavy atom. The molecule has 1 fully saturated rings. The summed E-state index contributed by atoms with van der Waals surface area (Å²) in [4.78, 5) is 22.3. The smallest absolute Gasteiger partial charge is 0.233 e. The van der Waals surface area contributed by atoms with Gasteiger partial charge < -0.3 is 14.6 Å². The second kappa shape index (κ2) is 7.72. The number of carbonyl (C=O) groups is 1. The van der Waals surface area contributed by atoms with Gasteiger partial charge in [0.1, 0.15) is 11.3 Å². The number of hydrogen-bond donors (Lipinski definition) is 1. The number of piperidine rings is 1. The Hall–Kier alpha value is -2.35. The van der Waals surface area contributed by atoms with Gasteiger partial charge in [-0.2, -0.15) is 0 Å². The maximum absolute atomic E-state index is 12.5. The highest BCUT2D eigenvalue weighted by atomic mass is 32.2. The van der Waals surface area contributed by atoms with Gasteiger partial charge in [0.25, 0.3) is 0 Å². The first-order chi connectivity index (χ1) is 13.2. The Morgan fingerprint density at radius 2 is 2.26 bits per heavy atom. The summed E-state index contributed by atoms with van der Waals surface area (Å²) < 4.78 is 5.56. The van der Waals surface area contributed by atoms with Crippen molar-refractivity contribution in [3.63, 3.8) is 0 Å². The molecule has 27 heavy (non-hydrogen) atoms. The molecule has 4 rings (SSSR count). The van der Waals surface area contributed by atoms with E-state index in [1.807, 2.05) is 30.0 Å². The molecule has 1 aliphatic heterocycles. The lowest BCUT2D eigenvalue weighted by Gasteiger charge is -2.33. The lowest BCUT2D eigenvalue weighted by atomic mass is 10.0. The topological polar surface area (TPSA) is 84.0 Å². The molecule has 0 bridgehead atoms. The number of nitrogens with zero attached hydrogens (tertiary/aromatic N) is 4. The molecule has 2 aromatic heterocycles. The summed E-state index contributed by atoms with van der Waals surface area (Å²) in [5, 5.41) is 9.99. The first-order valence-electron chi connectivity index (χ1n) is 9.37. The quantitative estimate of drug-likeness (QED) is 0.678. The zero-order valence-electron chi connectivity index (χ0n) is 15.6. The third-order valence-electron chi connectivity index (χ3n) is 4.93. The summed E-state index contributed by atoms with van der Waals surface area (Å²) in [6, 6.07) is 6.14. The number of rotatable bonds is 5. The van der Waals surface area contributed by atoms with Crippen LogP contribution in [-0.2, 0) is 4.79 Å². The Morgan fingerprint density at radius 1 is 1.37 bits per heavy atom. The van der Waals surface area contributed by atoms with Crippen LogP contribution in [0.2, 0.25) is 0 Å². The van der Waals surface area contributed by atoms with Crippen LogP contribution in [-0.4, -0.2) is 55.9 Å². The molecule has 1 aromatic carbocycles. The molecule has 0 aliphatic carbocycles. The van der Waals surface area contributed by atoms with Crippen LogP contribution >= 0.6 is 11.8 Å². The van der Waals surface area contributed by atoms with E-state index in [1.54, 1.807) is 0 Å². The predicted octanol–water partition coefficient (Wildman–Crippen LogP) is 3.40. The standard InChI is InChI=1S/C19H23N5O2S/c1-3-26-13-7-8-15-14(10-13)17-18(20-15)21-19(23-22-17)27-11-16(25)24-9-5-4-6-12(24)2/h7-8,10,12H,3-6,9,11H2,1-2H3,(H,20,21,23). The highest BCUT2D eigenvalue weighted by molar-refractivity contribution is 7.99. The molecule has 1 aliphatic rings. The van der Waals surface area contributed by atoms with Gasteiger partial charge in [-0.1, -0.05) is 11.8 Å². The number of benzene rings is 1. The van der Waals surface area contributed by atoms with Gasteiger partial charge in [0.15, 0.2) is 5.65 Å². The van der Waals surface area contributed by atoms with Gasteiger partial charge >= 0.3 is 0 Å². The minimum absolute atomic E-state index is 0.147. The minimum Gasteiger partial charge on any atom is -0.494 e. The van der Waals surface area contributed by atoms with Crippen molar-refractivity contribution >= 4 is 39.7 Å². The van der Waals surface area contributed by atoms with Crippen LogP contribution in [0.5, 0.6) is 5.75 Å². The molecule has 8 heteroatoms. The Bertz CT molecular complexity index is 973. The van der Waals surface area contributed by atoms with Crippen molar-refractivity contribution in [1.82, 2.24) is 25.1 Å². The van der Waals surface area contributed by atoms with Gasteiger partial charge in [-0.15, -0.1) is 10.2 Å². The lowest BCUT2D eigenvalue weighted by molar-refractivity contribution is -0.131. The number of aromatic amines is 1. The molecular weight excluding hydrogens is 362 g/mol. The van der Waals surface area contributed by atoms with Crippen molar-refractivity contribution < 1.29 is 9.53 Å². The number of fused-ring (bicyclic) bond motifs is 3. The highest BCUT2D eigenvalue weighted by Gasteiger charge is 2.23. The fraction of sp³-hybridized carbons (Fsp3) is 0.474. The van der Waals surface area contributed by atoms with Crippen LogP contribution in [0.1, 0.15) is 33.1 Å². The lowest BCUT2D eigenvalue weighted by Crippen LogP contribution is -2.42. The number of amides is 1. The number of likely N-dealkylation sites (tertiary alicyclic amines) is 1. The zero-order chi connectivity index (χ0) is 18.8. The second-order valence-electron chi connectivity index (χ2n) is 6.78. The molecule has 3 heterocycles. The van der Waals surface area contributed by atoms with Gasteiger partial charge in [-0.05, 0) is 51.3 Å². The third-order valence-corrected chi connectivity index (χ3v) is 5.75. The predicted molar refractivity (Wildman–Crippen MR) is 106 cm³/mol. The van der Waals surface area contributed by atoms with Gasteiger partial charge in [0.2, 0.25) is 11.1 Å². The average molecular weight is 385 g/mol. The maximum Gasteiger partial charge on any atom is 0.233 e. The van der Waals surface area contributed by atoms with Crippen LogP contribution in [0, 0.1) is 0 Å². The molecule has 0 saturated carbocycles. The number of H-pyrrole nitrogens is 1. The van der Waals surface area contributed by atoms with E-state index in [1.165, 1.54) is 18.2 Å². The Kier molecular flexibility index (Phi) is 5.15. The molecular formula is C19H23N5O2S. The van der Waals surface area contributed by atoms with Gasteiger partial charge in [-0.3, -0.25) is 4.79 Å². The van der Waals surface area contributed by atoms with Crippen LogP contribution < -0.4 is 4.74 Å². The van der Waals surface area contributed by atoms with E-state index in [0.29, 0.717) is 34.7 Å². The Balaban J connectivity index is 1.51. The van der Waals surface area contributed by atoms with Crippen LogP contribution in [0.25, 0.3) is 22.1 Å². The number of hydrogen-bond acceptors (Lipinski definition) is 6. The van der Waals surface area contributed by atoms with Crippen LogP contribution in [0.15, 0.2) is 23.4 Å². The first kappa shape index (κ1) is 18.0. The number of nitrogens with one attached hydrogen (secondary N) is 1. The average Bonchev–Trinajstić information content (AvgIpc) is 3.04. The SMILES string of the molecule is CCOc1ccc2[nH]c3nc(SCC(=O)N4CCCCC4C)nnc3c2c1. The second-order valence-corrected chi connectivity index (χ2v) is 7.72. The normalized spacial score (nSPS) is 17.6. The molecule has 1 N–H and O–H groups in total. The number of carbonyl (C=O) groups excluding carboxylic acids is 1.